The van der Waals surface area contributed by atoms with Crippen molar-refractivity contribution < 1.29 is 19.4 Å². The average Bonchev–Trinajstić information content (AvgIpc) is 2.71. The number of phenolic OH excluding ortho intramolecular Hbond substituents is 2. The molecule has 0 aliphatic rings. The molecule has 1 aromatic heterocycles. The van der Waals surface area contributed by atoms with E-state index in [2.05, 4.69) is 10.5 Å². The predicted octanol–water partition coefficient (Wildman–Crippen LogP) is 2.07. The Morgan fingerprint density at radius 1 is 1.30 bits per heavy atom. The zero-order valence-electron chi connectivity index (χ0n) is 11.0. The van der Waals surface area contributed by atoms with Crippen LogP contribution in [0.3, 0.4) is 0 Å². The SMILES string of the molecule is Cc1cc(C(=O)NN=Cc2ccc(O)cc2O)c(C)o1. The van der Waals surface area contributed by atoms with Gasteiger partial charge in [0.25, 0.3) is 5.91 Å². The van der Waals surface area contributed by atoms with Crippen molar-refractivity contribution in [3.8, 4) is 11.5 Å². The van der Waals surface area contributed by atoms with Crippen molar-refractivity contribution in [3.05, 3.63) is 46.9 Å². The van der Waals surface area contributed by atoms with Gasteiger partial charge in [0.1, 0.15) is 23.0 Å². The van der Waals surface area contributed by atoms with Crippen LogP contribution >= 0.6 is 0 Å². The fraction of sp³-hybridized carbons (Fsp3) is 0.143. The van der Waals surface area contributed by atoms with Crippen LogP contribution in [-0.4, -0.2) is 22.3 Å². The molecule has 1 heterocycles. The van der Waals surface area contributed by atoms with Crippen LogP contribution < -0.4 is 5.43 Å². The minimum absolute atomic E-state index is 0.0480. The number of hydrazone groups is 1. The number of carbonyl (C=O) groups excluding carboxylic acids is 1. The van der Waals surface area contributed by atoms with E-state index in [4.69, 9.17) is 9.52 Å². The molecule has 1 aromatic carbocycles. The van der Waals surface area contributed by atoms with Gasteiger partial charge in [-0.2, -0.15) is 5.10 Å². The third-order valence-corrected chi connectivity index (χ3v) is 2.67. The Morgan fingerprint density at radius 3 is 2.65 bits per heavy atom. The van der Waals surface area contributed by atoms with E-state index in [0.717, 1.165) is 0 Å². The largest absolute Gasteiger partial charge is 0.508 e. The molecule has 0 saturated carbocycles. The van der Waals surface area contributed by atoms with Crippen molar-refractivity contribution in [2.24, 2.45) is 5.10 Å². The highest BCUT2D eigenvalue weighted by atomic mass is 16.3. The lowest BCUT2D eigenvalue weighted by Gasteiger charge is -2.00. The lowest BCUT2D eigenvalue weighted by Crippen LogP contribution is -2.17. The number of benzene rings is 1. The second kappa shape index (κ2) is 5.48. The molecule has 1 amide bonds. The van der Waals surface area contributed by atoms with Gasteiger partial charge in [0.05, 0.1) is 11.8 Å². The lowest BCUT2D eigenvalue weighted by atomic mass is 10.2. The number of phenols is 2. The summed E-state index contributed by atoms with van der Waals surface area (Å²) >= 11 is 0. The molecule has 0 bridgehead atoms. The van der Waals surface area contributed by atoms with E-state index in [1.807, 2.05) is 0 Å². The van der Waals surface area contributed by atoms with Crippen LogP contribution in [0.4, 0.5) is 0 Å². The first-order valence-electron chi connectivity index (χ1n) is 5.90. The average molecular weight is 274 g/mol. The number of amides is 1. The molecule has 0 radical (unpaired) electrons. The Labute approximate surface area is 115 Å². The number of aromatic hydroxyl groups is 2. The number of rotatable bonds is 3. The molecule has 6 nitrogen and oxygen atoms in total. The van der Waals surface area contributed by atoms with Crippen LogP contribution in [-0.2, 0) is 0 Å². The van der Waals surface area contributed by atoms with Gasteiger partial charge in [-0.3, -0.25) is 4.79 Å². The maximum atomic E-state index is 11.8. The molecular formula is C14H14N2O4. The zero-order valence-corrected chi connectivity index (χ0v) is 11.0. The summed E-state index contributed by atoms with van der Waals surface area (Å²) in [5, 5.41) is 22.4. The summed E-state index contributed by atoms with van der Waals surface area (Å²) < 4.78 is 5.25. The highest BCUT2D eigenvalue weighted by Crippen LogP contribution is 2.20. The molecular weight excluding hydrogens is 260 g/mol. The van der Waals surface area contributed by atoms with Crippen molar-refractivity contribution in [2.75, 3.05) is 0 Å². The van der Waals surface area contributed by atoms with Gasteiger partial charge in [0, 0.05) is 11.6 Å². The Hall–Kier alpha value is -2.76. The van der Waals surface area contributed by atoms with Crippen LogP contribution in [0.15, 0.2) is 33.8 Å². The number of nitrogens with zero attached hydrogens (tertiary/aromatic N) is 1. The predicted molar refractivity (Wildman–Crippen MR) is 73.0 cm³/mol. The van der Waals surface area contributed by atoms with E-state index in [1.54, 1.807) is 19.9 Å². The van der Waals surface area contributed by atoms with Crippen molar-refractivity contribution >= 4 is 12.1 Å². The van der Waals surface area contributed by atoms with Crippen molar-refractivity contribution in [3.63, 3.8) is 0 Å². The Bertz CT molecular complexity index is 674. The van der Waals surface area contributed by atoms with Crippen LogP contribution in [0.2, 0.25) is 0 Å². The fourth-order valence-corrected chi connectivity index (χ4v) is 1.72. The van der Waals surface area contributed by atoms with E-state index in [-0.39, 0.29) is 11.5 Å². The maximum Gasteiger partial charge on any atom is 0.274 e. The first-order chi connectivity index (χ1) is 9.47. The summed E-state index contributed by atoms with van der Waals surface area (Å²) in [6.07, 6.45) is 1.29. The minimum atomic E-state index is -0.395. The number of carbonyl (C=O) groups is 1. The topological polar surface area (TPSA) is 95.1 Å². The van der Waals surface area contributed by atoms with Crippen molar-refractivity contribution in [1.29, 1.82) is 0 Å². The van der Waals surface area contributed by atoms with Gasteiger partial charge in [-0.15, -0.1) is 0 Å². The normalized spacial score (nSPS) is 10.9. The van der Waals surface area contributed by atoms with Gasteiger partial charge in [0.2, 0.25) is 0 Å². The highest BCUT2D eigenvalue weighted by Gasteiger charge is 2.12. The van der Waals surface area contributed by atoms with E-state index in [9.17, 15) is 9.90 Å². The Balaban J connectivity index is 2.06. The summed E-state index contributed by atoms with van der Waals surface area (Å²) in [6, 6.07) is 5.70. The number of hydrogen-bond donors (Lipinski definition) is 3. The minimum Gasteiger partial charge on any atom is -0.508 e. The molecule has 0 atom stereocenters. The molecule has 0 aliphatic heterocycles. The molecule has 20 heavy (non-hydrogen) atoms. The van der Waals surface area contributed by atoms with Gasteiger partial charge >= 0.3 is 0 Å². The van der Waals surface area contributed by atoms with E-state index in [0.29, 0.717) is 22.6 Å². The summed E-state index contributed by atoms with van der Waals surface area (Å²) in [5.74, 6) is 0.593. The molecule has 0 unspecified atom stereocenters. The fourth-order valence-electron chi connectivity index (χ4n) is 1.72. The van der Waals surface area contributed by atoms with Crippen LogP contribution in [0.1, 0.15) is 27.4 Å². The van der Waals surface area contributed by atoms with E-state index in [1.165, 1.54) is 24.4 Å². The molecule has 0 spiro atoms. The molecule has 3 N–H and O–H groups in total. The molecule has 0 fully saturated rings. The van der Waals surface area contributed by atoms with Crippen molar-refractivity contribution in [2.45, 2.75) is 13.8 Å². The van der Waals surface area contributed by atoms with E-state index < -0.39 is 5.91 Å². The smallest absolute Gasteiger partial charge is 0.274 e. The zero-order chi connectivity index (χ0) is 14.7. The van der Waals surface area contributed by atoms with Gasteiger partial charge in [0.15, 0.2) is 0 Å². The number of furan rings is 1. The molecule has 104 valence electrons. The first-order valence-corrected chi connectivity index (χ1v) is 5.90. The van der Waals surface area contributed by atoms with Gasteiger partial charge in [-0.1, -0.05) is 0 Å². The maximum absolute atomic E-state index is 11.8. The lowest BCUT2D eigenvalue weighted by molar-refractivity contribution is 0.0953. The van der Waals surface area contributed by atoms with Crippen LogP contribution in [0.25, 0.3) is 0 Å². The molecule has 2 aromatic rings. The number of nitrogens with one attached hydrogen (secondary N) is 1. The quantitative estimate of drug-likeness (QED) is 0.589. The third-order valence-electron chi connectivity index (χ3n) is 2.67. The van der Waals surface area contributed by atoms with Gasteiger partial charge < -0.3 is 14.6 Å². The monoisotopic (exact) mass is 274 g/mol. The van der Waals surface area contributed by atoms with Gasteiger partial charge in [-0.05, 0) is 32.0 Å². The number of hydrogen-bond acceptors (Lipinski definition) is 5. The second-order valence-corrected chi connectivity index (χ2v) is 4.27. The summed E-state index contributed by atoms with van der Waals surface area (Å²) in [4.78, 5) is 11.8. The molecule has 6 heteroatoms. The third kappa shape index (κ3) is 2.97. The summed E-state index contributed by atoms with van der Waals surface area (Å²) in [7, 11) is 0. The van der Waals surface area contributed by atoms with Crippen LogP contribution in [0, 0.1) is 13.8 Å². The molecule has 2 rings (SSSR count). The van der Waals surface area contributed by atoms with E-state index >= 15 is 0 Å². The van der Waals surface area contributed by atoms with Gasteiger partial charge in [-0.25, -0.2) is 5.43 Å². The second-order valence-electron chi connectivity index (χ2n) is 4.27. The Morgan fingerprint density at radius 2 is 2.05 bits per heavy atom. The number of aryl methyl sites for hydroxylation is 2. The molecule has 0 aliphatic carbocycles. The summed E-state index contributed by atoms with van der Waals surface area (Å²) in [5.41, 5.74) is 3.13. The standard InChI is InChI=1S/C14H14N2O4/c1-8-5-12(9(2)20-8)14(19)16-15-7-10-3-4-11(17)6-13(10)18/h3-7,17-18H,1-2H3,(H,16,19). The van der Waals surface area contributed by atoms with Crippen LogP contribution in [0.5, 0.6) is 11.5 Å². The Kier molecular flexibility index (Phi) is 3.74. The summed E-state index contributed by atoms with van der Waals surface area (Å²) in [6.45, 7) is 3.44. The molecule has 0 saturated heterocycles. The van der Waals surface area contributed by atoms with Crippen molar-refractivity contribution in [1.82, 2.24) is 5.43 Å². The highest BCUT2D eigenvalue weighted by molar-refractivity contribution is 5.96. The first kappa shape index (κ1) is 13.7.